The smallest absolute Gasteiger partial charge is 0.274 e. The standard InChI is InChI=1S/C19H22ClN3O3S/c20-14-6-8-15(9-7-14)23-17-5-3-1-2-4-16(17)18(21-23)19(24)22-10-12-27(25,26)13-11-22/h6-9H,1-5,10-13H2. The lowest BCUT2D eigenvalue weighted by molar-refractivity contribution is 0.0763. The Labute approximate surface area is 164 Å². The summed E-state index contributed by atoms with van der Waals surface area (Å²) < 4.78 is 25.2. The van der Waals surface area contributed by atoms with E-state index in [-0.39, 0.29) is 30.5 Å². The van der Waals surface area contributed by atoms with Gasteiger partial charge in [-0.2, -0.15) is 5.10 Å². The summed E-state index contributed by atoms with van der Waals surface area (Å²) in [6.45, 7) is 0.480. The minimum absolute atomic E-state index is 0.0266. The van der Waals surface area contributed by atoms with Gasteiger partial charge in [-0.15, -0.1) is 0 Å². The predicted octanol–water partition coefficient (Wildman–Crippen LogP) is 2.67. The molecule has 1 aliphatic carbocycles. The fourth-order valence-electron chi connectivity index (χ4n) is 3.81. The summed E-state index contributed by atoms with van der Waals surface area (Å²) in [5.41, 5.74) is 3.46. The molecule has 2 aromatic rings. The molecule has 2 aliphatic rings. The first kappa shape index (κ1) is 18.5. The highest BCUT2D eigenvalue weighted by atomic mass is 35.5. The van der Waals surface area contributed by atoms with E-state index in [4.69, 9.17) is 11.6 Å². The number of benzene rings is 1. The fourth-order valence-corrected chi connectivity index (χ4v) is 5.14. The Balaban J connectivity index is 1.72. The molecule has 1 aliphatic heterocycles. The van der Waals surface area contributed by atoms with Crippen molar-refractivity contribution < 1.29 is 13.2 Å². The van der Waals surface area contributed by atoms with E-state index in [1.54, 1.807) is 4.90 Å². The molecular weight excluding hydrogens is 386 g/mol. The van der Waals surface area contributed by atoms with Crippen LogP contribution in [0.25, 0.3) is 5.69 Å². The third-order valence-corrected chi connectivity index (χ3v) is 7.20. The molecule has 0 unspecified atom stereocenters. The number of nitrogens with zero attached hydrogens (tertiary/aromatic N) is 3. The van der Waals surface area contributed by atoms with Crippen molar-refractivity contribution in [2.24, 2.45) is 0 Å². The zero-order chi connectivity index (χ0) is 19.0. The molecule has 4 rings (SSSR count). The van der Waals surface area contributed by atoms with E-state index in [2.05, 4.69) is 5.10 Å². The van der Waals surface area contributed by atoms with Crippen molar-refractivity contribution in [3.8, 4) is 5.69 Å². The normalized spacial score (nSPS) is 19.4. The van der Waals surface area contributed by atoms with Gasteiger partial charge in [0.2, 0.25) is 0 Å². The summed E-state index contributed by atoms with van der Waals surface area (Å²) in [4.78, 5) is 14.8. The van der Waals surface area contributed by atoms with Crippen LogP contribution in [0.3, 0.4) is 0 Å². The third kappa shape index (κ3) is 3.75. The molecule has 0 atom stereocenters. The summed E-state index contributed by atoms with van der Waals surface area (Å²) in [6.07, 6.45) is 4.95. The van der Waals surface area contributed by atoms with Crippen molar-refractivity contribution in [1.82, 2.24) is 14.7 Å². The summed E-state index contributed by atoms with van der Waals surface area (Å²) in [7, 11) is -3.03. The van der Waals surface area contributed by atoms with Crippen LogP contribution in [-0.2, 0) is 22.7 Å². The topological polar surface area (TPSA) is 72.3 Å². The second-order valence-electron chi connectivity index (χ2n) is 7.17. The average molecular weight is 408 g/mol. The van der Waals surface area contributed by atoms with Crippen LogP contribution in [0, 0.1) is 0 Å². The van der Waals surface area contributed by atoms with Gasteiger partial charge in [-0.05, 0) is 49.9 Å². The molecule has 1 amide bonds. The number of hydrogen-bond donors (Lipinski definition) is 0. The van der Waals surface area contributed by atoms with Gasteiger partial charge in [0.05, 0.1) is 17.2 Å². The largest absolute Gasteiger partial charge is 0.335 e. The van der Waals surface area contributed by atoms with Gasteiger partial charge in [0.1, 0.15) is 0 Å². The molecule has 6 nitrogen and oxygen atoms in total. The number of hydrogen-bond acceptors (Lipinski definition) is 4. The zero-order valence-electron chi connectivity index (χ0n) is 15.0. The van der Waals surface area contributed by atoms with Gasteiger partial charge in [0.15, 0.2) is 15.5 Å². The summed E-state index contributed by atoms with van der Waals surface area (Å²) in [5, 5.41) is 5.33. The Bertz CT molecular complexity index is 953. The van der Waals surface area contributed by atoms with Crippen LogP contribution < -0.4 is 0 Å². The Morgan fingerprint density at radius 3 is 2.37 bits per heavy atom. The van der Waals surface area contributed by atoms with Crippen molar-refractivity contribution in [2.75, 3.05) is 24.6 Å². The number of halogens is 1. The van der Waals surface area contributed by atoms with Crippen LogP contribution in [0.4, 0.5) is 0 Å². The number of aromatic nitrogens is 2. The zero-order valence-corrected chi connectivity index (χ0v) is 16.6. The molecule has 1 aromatic carbocycles. The molecule has 27 heavy (non-hydrogen) atoms. The van der Waals surface area contributed by atoms with E-state index in [9.17, 15) is 13.2 Å². The van der Waals surface area contributed by atoms with E-state index >= 15 is 0 Å². The Morgan fingerprint density at radius 1 is 1.00 bits per heavy atom. The van der Waals surface area contributed by atoms with Gasteiger partial charge in [0.25, 0.3) is 5.91 Å². The van der Waals surface area contributed by atoms with Gasteiger partial charge in [-0.3, -0.25) is 4.79 Å². The number of rotatable bonds is 2. The molecule has 0 saturated carbocycles. The van der Waals surface area contributed by atoms with Crippen molar-refractivity contribution in [3.05, 3.63) is 46.2 Å². The highest BCUT2D eigenvalue weighted by Crippen LogP contribution is 2.28. The Hall–Kier alpha value is -1.86. The van der Waals surface area contributed by atoms with Crippen molar-refractivity contribution >= 4 is 27.3 Å². The molecular formula is C19H22ClN3O3S. The number of amides is 1. The molecule has 1 saturated heterocycles. The SMILES string of the molecule is O=C(c1nn(-c2ccc(Cl)cc2)c2c1CCCCC2)N1CCS(=O)(=O)CC1. The lowest BCUT2D eigenvalue weighted by Crippen LogP contribution is -2.44. The number of carbonyl (C=O) groups excluding carboxylic acids is 1. The van der Waals surface area contributed by atoms with Crippen LogP contribution >= 0.6 is 11.6 Å². The summed E-state index contributed by atoms with van der Waals surface area (Å²) >= 11 is 6.01. The van der Waals surface area contributed by atoms with Gasteiger partial charge in [-0.1, -0.05) is 18.0 Å². The highest BCUT2D eigenvalue weighted by molar-refractivity contribution is 7.91. The van der Waals surface area contributed by atoms with Crippen LogP contribution in [0.5, 0.6) is 0 Å². The second-order valence-corrected chi connectivity index (χ2v) is 9.91. The highest BCUT2D eigenvalue weighted by Gasteiger charge is 2.31. The van der Waals surface area contributed by atoms with Crippen molar-refractivity contribution in [2.45, 2.75) is 32.1 Å². The lowest BCUT2D eigenvalue weighted by atomic mass is 10.1. The average Bonchev–Trinajstić information content (AvgIpc) is 2.83. The Morgan fingerprint density at radius 2 is 1.67 bits per heavy atom. The quantitative estimate of drug-likeness (QED) is 0.717. The van der Waals surface area contributed by atoms with E-state index in [1.807, 2.05) is 28.9 Å². The second kappa shape index (κ2) is 7.28. The van der Waals surface area contributed by atoms with Gasteiger partial charge < -0.3 is 4.90 Å². The monoisotopic (exact) mass is 407 g/mol. The van der Waals surface area contributed by atoms with E-state index < -0.39 is 9.84 Å². The van der Waals surface area contributed by atoms with E-state index in [0.717, 1.165) is 49.0 Å². The maximum absolute atomic E-state index is 13.1. The molecule has 0 spiro atoms. The number of fused-ring (bicyclic) bond motifs is 1. The van der Waals surface area contributed by atoms with E-state index in [1.165, 1.54) is 0 Å². The first-order valence-corrected chi connectivity index (χ1v) is 11.5. The first-order valence-electron chi connectivity index (χ1n) is 9.31. The molecule has 0 radical (unpaired) electrons. The van der Waals surface area contributed by atoms with Crippen LogP contribution in [0.15, 0.2) is 24.3 Å². The summed E-state index contributed by atoms with van der Waals surface area (Å²) in [6, 6.07) is 7.45. The summed E-state index contributed by atoms with van der Waals surface area (Å²) in [5.74, 6) is -0.103. The number of carbonyl (C=O) groups is 1. The molecule has 8 heteroatoms. The number of sulfone groups is 1. The van der Waals surface area contributed by atoms with Crippen LogP contribution in [0.1, 0.15) is 41.0 Å². The van der Waals surface area contributed by atoms with Gasteiger partial charge in [0, 0.05) is 29.4 Å². The van der Waals surface area contributed by atoms with Gasteiger partial charge >= 0.3 is 0 Å². The van der Waals surface area contributed by atoms with Crippen LogP contribution in [-0.4, -0.2) is 53.6 Å². The minimum Gasteiger partial charge on any atom is -0.335 e. The van der Waals surface area contributed by atoms with Crippen molar-refractivity contribution in [1.29, 1.82) is 0 Å². The molecule has 1 aromatic heterocycles. The van der Waals surface area contributed by atoms with Crippen molar-refractivity contribution in [3.63, 3.8) is 0 Å². The fraction of sp³-hybridized carbons (Fsp3) is 0.474. The molecule has 0 N–H and O–H groups in total. The van der Waals surface area contributed by atoms with E-state index in [0.29, 0.717) is 10.7 Å². The maximum atomic E-state index is 13.1. The van der Waals surface area contributed by atoms with Crippen LogP contribution in [0.2, 0.25) is 5.02 Å². The molecule has 1 fully saturated rings. The first-order chi connectivity index (χ1) is 12.9. The predicted molar refractivity (Wildman–Crippen MR) is 104 cm³/mol. The Kier molecular flexibility index (Phi) is 4.99. The van der Waals surface area contributed by atoms with Gasteiger partial charge in [-0.25, -0.2) is 13.1 Å². The third-order valence-electron chi connectivity index (χ3n) is 5.34. The molecule has 144 valence electrons. The lowest BCUT2D eigenvalue weighted by Gasteiger charge is -2.26. The maximum Gasteiger partial charge on any atom is 0.274 e. The molecule has 2 heterocycles. The minimum atomic E-state index is -3.03. The molecule has 0 bridgehead atoms.